The molecule has 0 aliphatic rings. The fourth-order valence-electron chi connectivity index (χ4n) is 1.09. The summed E-state index contributed by atoms with van der Waals surface area (Å²) >= 11 is 0. The number of phenols is 1. The Bertz CT molecular complexity index is 473. The van der Waals surface area contributed by atoms with Gasteiger partial charge < -0.3 is 10.1 Å². The van der Waals surface area contributed by atoms with Crippen molar-refractivity contribution in [3.05, 3.63) is 40.7 Å². The van der Waals surface area contributed by atoms with E-state index in [-0.39, 0.29) is 11.3 Å². The Morgan fingerprint density at radius 2 is 2.17 bits per heavy atom. The second-order valence-electron chi connectivity index (χ2n) is 2.47. The van der Waals surface area contributed by atoms with Crippen LogP contribution in [0.4, 0.5) is 0 Å². The van der Waals surface area contributed by atoms with Gasteiger partial charge in [0.25, 0.3) is 0 Å². The van der Waals surface area contributed by atoms with Crippen molar-refractivity contribution >= 4 is 10.9 Å². The van der Waals surface area contributed by atoms with Crippen LogP contribution in [0.2, 0.25) is 0 Å². The Labute approximate surface area is 68.3 Å². The Kier molecular flexibility index (Phi) is 1.37. The molecule has 59 valence electrons. The Balaban J connectivity index is 2.97. The molecule has 0 saturated carbocycles. The zero-order valence-corrected chi connectivity index (χ0v) is 6.16. The molecule has 1 aromatic carbocycles. The van der Waals surface area contributed by atoms with Crippen molar-refractivity contribution in [2.45, 2.75) is 0 Å². The summed E-state index contributed by atoms with van der Waals surface area (Å²) in [5, 5.41) is 10.0. The number of pyridine rings is 1. The second-order valence-corrected chi connectivity index (χ2v) is 2.47. The van der Waals surface area contributed by atoms with Crippen LogP contribution in [-0.4, -0.2) is 10.1 Å². The van der Waals surface area contributed by atoms with Crippen molar-refractivity contribution in [1.82, 2.24) is 4.98 Å². The minimum Gasteiger partial charge on any atom is -0.506 e. The summed E-state index contributed by atoms with van der Waals surface area (Å²) in [7, 11) is 0. The lowest BCUT2D eigenvalue weighted by Crippen LogP contribution is -2.02. The van der Waals surface area contributed by atoms with Gasteiger partial charge in [-0.15, -0.1) is 0 Å². The maximum atomic E-state index is 10.9. The quantitative estimate of drug-likeness (QED) is 0.604. The minimum atomic E-state index is -0.225. The standard InChI is InChI=1S/C9H6NO2/c11-7-3-1-2-6-4-5-8(12)10-9(6)7/h1,3-5,11H,(H,10,12). The zero-order chi connectivity index (χ0) is 8.55. The number of aromatic nitrogens is 1. The summed E-state index contributed by atoms with van der Waals surface area (Å²) < 4.78 is 0. The van der Waals surface area contributed by atoms with Crippen LogP contribution in [0.15, 0.2) is 29.1 Å². The number of aromatic amines is 1. The first-order valence-corrected chi connectivity index (χ1v) is 3.50. The molecule has 0 fully saturated rings. The maximum Gasteiger partial charge on any atom is 0.248 e. The van der Waals surface area contributed by atoms with E-state index < -0.39 is 0 Å². The van der Waals surface area contributed by atoms with Crippen molar-refractivity contribution in [1.29, 1.82) is 0 Å². The van der Waals surface area contributed by atoms with Crippen molar-refractivity contribution in [2.75, 3.05) is 0 Å². The number of aromatic hydroxyl groups is 1. The van der Waals surface area contributed by atoms with Gasteiger partial charge in [-0.05, 0) is 24.3 Å². The van der Waals surface area contributed by atoms with Gasteiger partial charge in [0.1, 0.15) is 5.75 Å². The van der Waals surface area contributed by atoms with Gasteiger partial charge in [0.15, 0.2) is 0 Å². The van der Waals surface area contributed by atoms with E-state index in [1.807, 2.05) is 0 Å². The average molecular weight is 160 g/mol. The molecule has 1 heterocycles. The molecule has 2 N–H and O–H groups in total. The lowest BCUT2D eigenvalue weighted by molar-refractivity contribution is 0.480. The first-order chi connectivity index (χ1) is 5.77. The minimum absolute atomic E-state index is 0.0708. The molecule has 1 aromatic heterocycles. The fourth-order valence-corrected chi connectivity index (χ4v) is 1.09. The van der Waals surface area contributed by atoms with E-state index in [1.54, 1.807) is 12.1 Å². The number of fused-ring (bicyclic) bond motifs is 1. The molecule has 0 atom stereocenters. The topological polar surface area (TPSA) is 53.1 Å². The molecule has 0 aliphatic heterocycles. The van der Waals surface area contributed by atoms with Crippen LogP contribution < -0.4 is 5.56 Å². The van der Waals surface area contributed by atoms with Gasteiger partial charge in [0.05, 0.1) is 5.52 Å². The van der Waals surface area contributed by atoms with E-state index in [0.29, 0.717) is 10.9 Å². The molecule has 2 aromatic rings. The average Bonchev–Trinajstić information content (AvgIpc) is 2.07. The van der Waals surface area contributed by atoms with E-state index >= 15 is 0 Å². The van der Waals surface area contributed by atoms with Gasteiger partial charge in [-0.1, -0.05) is 0 Å². The SMILES string of the molecule is O=c1ccc2[c]ccc(O)c2[nH]1. The highest BCUT2D eigenvalue weighted by Crippen LogP contribution is 2.19. The molecule has 1 radical (unpaired) electrons. The van der Waals surface area contributed by atoms with E-state index in [2.05, 4.69) is 11.1 Å². The summed E-state index contributed by atoms with van der Waals surface area (Å²) in [6.45, 7) is 0. The highest BCUT2D eigenvalue weighted by Gasteiger charge is 1.98. The zero-order valence-electron chi connectivity index (χ0n) is 6.16. The largest absolute Gasteiger partial charge is 0.506 e. The molecular weight excluding hydrogens is 154 g/mol. The molecule has 0 unspecified atom stereocenters. The summed E-state index contributed by atoms with van der Waals surface area (Å²) in [5.74, 6) is 0.0708. The van der Waals surface area contributed by atoms with E-state index in [9.17, 15) is 9.90 Å². The van der Waals surface area contributed by atoms with Gasteiger partial charge >= 0.3 is 0 Å². The fraction of sp³-hybridized carbons (Fsp3) is 0. The number of nitrogens with one attached hydrogen (secondary N) is 1. The van der Waals surface area contributed by atoms with Crippen LogP contribution in [-0.2, 0) is 0 Å². The first kappa shape index (κ1) is 6.91. The van der Waals surface area contributed by atoms with Gasteiger partial charge in [-0.2, -0.15) is 0 Å². The normalized spacial score (nSPS) is 10.3. The molecule has 0 saturated heterocycles. The number of benzene rings is 1. The van der Waals surface area contributed by atoms with Crippen LogP contribution in [0, 0.1) is 6.07 Å². The number of rotatable bonds is 0. The summed E-state index contributed by atoms with van der Waals surface area (Å²) in [5.41, 5.74) is 0.211. The van der Waals surface area contributed by atoms with Crippen LogP contribution in [0.5, 0.6) is 5.75 Å². The van der Waals surface area contributed by atoms with E-state index in [4.69, 9.17) is 0 Å². The van der Waals surface area contributed by atoms with Crippen molar-refractivity contribution in [3.8, 4) is 5.75 Å². The van der Waals surface area contributed by atoms with Gasteiger partial charge in [-0.25, -0.2) is 0 Å². The number of phenolic OH excluding ortho intramolecular Hbond substituents is 1. The van der Waals surface area contributed by atoms with Crippen molar-refractivity contribution < 1.29 is 5.11 Å². The molecule has 0 bridgehead atoms. The van der Waals surface area contributed by atoms with Crippen LogP contribution in [0.1, 0.15) is 0 Å². The highest BCUT2D eigenvalue weighted by molar-refractivity contribution is 5.83. The Morgan fingerprint density at radius 1 is 1.33 bits per heavy atom. The lowest BCUT2D eigenvalue weighted by Gasteiger charge is -1.97. The number of hydrogen-bond donors (Lipinski definition) is 2. The van der Waals surface area contributed by atoms with Gasteiger partial charge in [0.2, 0.25) is 5.56 Å². The molecular formula is C9H6NO2. The highest BCUT2D eigenvalue weighted by atomic mass is 16.3. The molecule has 0 aliphatic carbocycles. The molecule has 12 heavy (non-hydrogen) atoms. The predicted molar refractivity (Wildman–Crippen MR) is 45.1 cm³/mol. The second kappa shape index (κ2) is 2.37. The van der Waals surface area contributed by atoms with E-state index in [0.717, 1.165) is 0 Å². The summed E-state index contributed by atoms with van der Waals surface area (Å²) in [6.07, 6.45) is 0. The number of hydrogen-bond acceptors (Lipinski definition) is 2. The van der Waals surface area contributed by atoms with Crippen LogP contribution in [0.3, 0.4) is 0 Å². The predicted octanol–water partition coefficient (Wildman–Crippen LogP) is 1.03. The lowest BCUT2D eigenvalue weighted by atomic mass is 10.2. The molecule has 2 rings (SSSR count). The smallest absolute Gasteiger partial charge is 0.248 e. The molecule has 0 spiro atoms. The molecule has 3 nitrogen and oxygen atoms in total. The molecule has 3 heteroatoms. The molecule has 0 amide bonds. The summed E-state index contributed by atoms with van der Waals surface area (Å²) in [4.78, 5) is 13.4. The van der Waals surface area contributed by atoms with Crippen LogP contribution in [0.25, 0.3) is 10.9 Å². The van der Waals surface area contributed by atoms with E-state index in [1.165, 1.54) is 12.1 Å². The third kappa shape index (κ3) is 0.955. The maximum absolute atomic E-state index is 10.9. The summed E-state index contributed by atoms with van der Waals surface area (Å²) in [6, 6.07) is 9.00. The Morgan fingerprint density at radius 3 is 3.00 bits per heavy atom. The first-order valence-electron chi connectivity index (χ1n) is 3.50. The number of H-pyrrole nitrogens is 1. The van der Waals surface area contributed by atoms with Gasteiger partial charge in [0, 0.05) is 11.5 Å². The third-order valence-electron chi connectivity index (χ3n) is 1.66. The Hall–Kier alpha value is -1.77. The van der Waals surface area contributed by atoms with Crippen molar-refractivity contribution in [2.24, 2.45) is 0 Å². The van der Waals surface area contributed by atoms with Gasteiger partial charge in [-0.3, -0.25) is 4.79 Å². The van der Waals surface area contributed by atoms with Crippen molar-refractivity contribution in [3.63, 3.8) is 0 Å². The monoisotopic (exact) mass is 160 g/mol. The third-order valence-corrected chi connectivity index (χ3v) is 1.66. The van der Waals surface area contributed by atoms with Crippen LogP contribution >= 0.6 is 0 Å².